The van der Waals surface area contributed by atoms with E-state index in [1.807, 2.05) is 0 Å². The maximum absolute atomic E-state index is 10.7. The summed E-state index contributed by atoms with van der Waals surface area (Å²) in [6.07, 6.45) is 0.761. The van der Waals surface area contributed by atoms with Crippen LogP contribution in [-0.2, 0) is 4.79 Å². The molecule has 0 saturated heterocycles. The summed E-state index contributed by atoms with van der Waals surface area (Å²) in [7, 11) is 0. The first-order valence-electron chi connectivity index (χ1n) is 5.14. The molecule has 0 saturated carbocycles. The largest absolute Gasteiger partial charge is 0.481 e. The smallest absolute Gasteiger partial charge is 0.307 e. The first-order valence-corrected chi connectivity index (χ1v) is 5.14. The summed E-state index contributed by atoms with van der Waals surface area (Å²) >= 11 is 0. The molecule has 0 radical (unpaired) electrons. The van der Waals surface area contributed by atoms with Crippen LogP contribution in [0.5, 0.6) is 0 Å². The molecule has 0 aliphatic heterocycles. The SMILES string of the molecule is CC(C(=O)O)[C@@H](N)C[C@H](C)C(C)(C)C. The van der Waals surface area contributed by atoms with Crippen molar-refractivity contribution in [2.75, 3.05) is 0 Å². The second-order valence-corrected chi connectivity index (χ2v) is 5.29. The Morgan fingerprint density at radius 1 is 1.36 bits per heavy atom. The Labute approximate surface area is 86.7 Å². The molecule has 3 N–H and O–H groups in total. The maximum atomic E-state index is 10.7. The van der Waals surface area contributed by atoms with E-state index in [1.54, 1.807) is 6.92 Å². The summed E-state index contributed by atoms with van der Waals surface area (Å²) in [6.45, 7) is 10.2. The van der Waals surface area contributed by atoms with Crippen molar-refractivity contribution >= 4 is 5.97 Å². The molecular weight excluding hydrogens is 178 g/mol. The monoisotopic (exact) mass is 201 g/mol. The Kier molecular flexibility index (Phi) is 4.59. The summed E-state index contributed by atoms with van der Waals surface area (Å²) < 4.78 is 0. The Morgan fingerprint density at radius 3 is 2.07 bits per heavy atom. The number of carboxylic acid groups (broad SMARTS) is 1. The van der Waals surface area contributed by atoms with Crippen LogP contribution in [0.4, 0.5) is 0 Å². The summed E-state index contributed by atoms with van der Waals surface area (Å²) in [4.78, 5) is 10.7. The summed E-state index contributed by atoms with van der Waals surface area (Å²) in [5.41, 5.74) is 6.03. The minimum atomic E-state index is -0.807. The fourth-order valence-corrected chi connectivity index (χ4v) is 1.15. The van der Waals surface area contributed by atoms with Crippen LogP contribution >= 0.6 is 0 Å². The molecule has 0 fully saturated rings. The van der Waals surface area contributed by atoms with Crippen LogP contribution in [0.15, 0.2) is 0 Å². The number of nitrogens with two attached hydrogens (primary N) is 1. The highest BCUT2D eigenvalue weighted by atomic mass is 16.4. The summed E-state index contributed by atoms with van der Waals surface area (Å²) in [5, 5.41) is 8.79. The van der Waals surface area contributed by atoms with Crippen LogP contribution < -0.4 is 5.73 Å². The van der Waals surface area contributed by atoms with E-state index < -0.39 is 11.9 Å². The van der Waals surface area contributed by atoms with Crippen molar-refractivity contribution < 1.29 is 9.90 Å². The fraction of sp³-hybridized carbons (Fsp3) is 0.909. The fourth-order valence-electron chi connectivity index (χ4n) is 1.15. The van der Waals surface area contributed by atoms with E-state index in [0.29, 0.717) is 5.92 Å². The van der Waals surface area contributed by atoms with Crippen LogP contribution in [0, 0.1) is 17.3 Å². The van der Waals surface area contributed by atoms with Gasteiger partial charge in [0.25, 0.3) is 0 Å². The Bertz CT molecular complexity index is 196. The number of rotatable bonds is 4. The number of aliphatic carboxylic acids is 1. The molecule has 0 aliphatic rings. The van der Waals surface area contributed by atoms with E-state index in [-0.39, 0.29) is 11.5 Å². The second kappa shape index (κ2) is 4.78. The molecule has 0 spiro atoms. The Hall–Kier alpha value is -0.570. The standard InChI is InChI=1S/C11H23NO2/c1-7(11(3,4)5)6-9(12)8(2)10(13)14/h7-9H,6,12H2,1-5H3,(H,13,14)/t7-,8?,9-/m0/s1. The van der Waals surface area contributed by atoms with Gasteiger partial charge in [-0.3, -0.25) is 4.79 Å². The molecule has 3 atom stereocenters. The van der Waals surface area contributed by atoms with Crippen LogP contribution in [0.3, 0.4) is 0 Å². The lowest BCUT2D eigenvalue weighted by molar-refractivity contribution is -0.142. The maximum Gasteiger partial charge on any atom is 0.307 e. The van der Waals surface area contributed by atoms with Crippen LogP contribution in [-0.4, -0.2) is 17.1 Å². The summed E-state index contributed by atoms with van der Waals surface area (Å²) in [5.74, 6) is -0.835. The third-order valence-electron chi connectivity index (χ3n) is 3.14. The Balaban J connectivity index is 4.19. The number of hydrogen-bond donors (Lipinski definition) is 2. The predicted octanol–water partition coefficient (Wildman–Crippen LogP) is 2.11. The first kappa shape index (κ1) is 13.4. The van der Waals surface area contributed by atoms with Gasteiger partial charge in [-0.2, -0.15) is 0 Å². The molecule has 0 heterocycles. The third-order valence-corrected chi connectivity index (χ3v) is 3.14. The van der Waals surface area contributed by atoms with Crippen molar-refractivity contribution in [2.24, 2.45) is 23.0 Å². The molecular formula is C11H23NO2. The van der Waals surface area contributed by atoms with Crippen molar-refractivity contribution in [3.05, 3.63) is 0 Å². The molecule has 14 heavy (non-hydrogen) atoms. The van der Waals surface area contributed by atoms with Crippen molar-refractivity contribution in [1.29, 1.82) is 0 Å². The molecule has 3 nitrogen and oxygen atoms in total. The first-order chi connectivity index (χ1) is 6.16. The topological polar surface area (TPSA) is 63.3 Å². The molecule has 0 amide bonds. The molecule has 0 bridgehead atoms. The van der Waals surface area contributed by atoms with Crippen molar-refractivity contribution in [1.82, 2.24) is 0 Å². The number of carboxylic acids is 1. The van der Waals surface area contributed by atoms with Gasteiger partial charge in [0.05, 0.1) is 5.92 Å². The van der Waals surface area contributed by atoms with Crippen molar-refractivity contribution in [3.8, 4) is 0 Å². The van der Waals surface area contributed by atoms with E-state index >= 15 is 0 Å². The minimum absolute atomic E-state index is 0.190. The van der Waals surface area contributed by atoms with Gasteiger partial charge in [0, 0.05) is 6.04 Å². The van der Waals surface area contributed by atoms with Gasteiger partial charge in [-0.1, -0.05) is 34.6 Å². The lowest BCUT2D eigenvalue weighted by Gasteiger charge is -2.30. The van der Waals surface area contributed by atoms with E-state index in [0.717, 1.165) is 6.42 Å². The van der Waals surface area contributed by atoms with Gasteiger partial charge in [-0.15, -0.1) is 0 Å². The number of carbonyl (C=O) groups is 1. The van der Waals surface area contributed by atoms with Gasteiger partial charge in [0.15, 0.2) is 0 Å². The minimum Gasteiger partial charge on any atom is -0.481 e. The van der Waals surface area contributed by atoms with Gasteiger partial charge in [-0.25, -0.2) is 0 Å². The zero-order valence-electron chi connectivity index (χ0n) is 9.87. The molecule has 0 aromatic rings. The van der Waals surface area contributed by atoms with Crippen LogP contribution in [0.25, 0.3) is 0 Å². The quantitative estimate of drug-likeness (QED) is 0.732. The number of hydrogen-bond acceptors (Lipinski definition) is 2. The molecule has 84 valence electrons. The molecule has 3 heteroatoms. The highest BCUT2D eigenvalue weighted by Crippen LogP contribution is 2.29. The molecule has 1 unspecified atom stereocenters. The zero-order valence-corrected chi connectivity index (χ0v) is 9.87. The molecule has 0 aromatic carbocycles. The van der Waals surface area contributed by atoms with E-state index in [1.165, 1.54) is 0 Å². The summed E-state index contributed by atoms with van der Waals surface area (Å²) in [6, 6.07) is -0.248. The zero-order chi connectivity index (χ0) is 11.5. The average Bonchev–Trinajstić information content (AvgIpc) is 2.00. The Morgan fingerprint density at radius 2 is 1.79 bits per heavy atom. The van der Waals surface area contributed by atoms with Gasteiger partial charge in [-0.05, 0) is 17.8 Å². The second-order valence-electron chi connectivity index (χ2n) is 5.29. The van der Waals surface area contributed by atoms with Gasteiger partial charge in [0.2, 0.25) is 0 Å². The van der Waals surface area contributed by atoms with E-state index in [4.69, 9.17) is 10.8 Å². The molecule has 0 aliphatic carbocycles. The van der Waals surface area contributed by atoms with Gasteiger partial charge < -0.3 is 10.8 Å². The normalized spacial score (nSPS) is 18.7. The van der Waals surface area contributed by atoms with Crippen molar-refractivity contribution in [2.45, 2.75) is 47.1 Å². The van der Waals surface area contributed by atoms with Gasteiger partial charge in [0.1, 0.15) is 0 Å². The molecule has 0 aromatic heterocycles. The van der Waals surface area contributed by atoms with E-state index in [9.17, 15) is 4.79 Å². The van der Waals surface area contributed by atoms with E-state index in [2.05, 4.69) is 27.7 Å². The third kappa shape index (κ3) is 4.09. The highest BCUT2D eigenvalue weighted by Gasteiger charge is 2.27. The predicted molar refractivity (Wildman–Crippen MR) is 58.0 cm³/mol. The van der Waals surface area contributed by atoms with Crippen LogP contribution in [0.1, 0.15) is 41.0 Å². The van der Waals surface area contributed by atoms with Crippen molar-refractivity contribution in [3.63, 3.8) is 0 Å². The van der Waals surface area contributed by atoms with Crippen LogP contribution in [0.2, 0.25) is 0 Å². The van der Waals surface area contributed by atoms with Gasteiger partial charge >= 0.3 is 5.97 Å². The lowest BCUT2D eigenvalue weighted by atomic mass is 9.77. The highest BCUT2D eigenvalue weighted by molar-refractivity contribution is 5.70. The molecule has 0 rings (SSSR count). The lowest BCUT2D eigenvalue weighted by Crippen LogP contribution is -2.37. The average molecular weight is 201 g/mol.